The van der Waals surface area contributed by atoms with Crippen molar-refractivity contribution in [3.63, 3.8) is 0 Å². The van der Waals surface area contributed by atoms with Gasteiger partial charge in [0, 0.05) is 0 Å². The molecule has 0 radical (unpaired) electrons. The molecule has 2 N–H and O–H groups in total. The molecule has 2 nitrogen and oxygen atoms in total. The van der Waals surface area contributed by atoms with Gasteiger partial charge in [0.05, 0.1) is 0 Å². The van der Waals surface area contributed by atoms with Gasteiger partial charge in [0.2, 0.25) is 0 Å². The van der Waals surface area contributed by atoms with E-state index in [0.717, 1.165) is 13.8 Å². The van der Waals surface area contributed by atoms with Crippen molar-refractivity contribution in [1.29, 1.82) is 0 Å². The zero-order valence-electron chi connectivity index (χ0n) is 7.82. The molecule has 0 aliphatic carbocycles. The summed E-state index contributed by atoms with van der Waals surface area (Å²) in [6.07, 6.45) is -14.9. The summed E-state index contributed by atoms with van der Waals surface area (Å²) in [7, 11) is 0. The molecular weight excluding hydrogens is 230 g/mol. The smallest absolute Gasteiger partial charge is 0.389 e. The molecule has 0 aliphatic heterocycles. The molecule has 15 heavy (non-hydrogen) atoms. The lowest BCUT2D eigenvalue weighted by atomic mass is 9.87. The third-order valence-corrected chi connectivity index (χ3v) is 1.92. The predicted octanol–water partition coefficient (Wildman–Crippen LogP) is 1.86. The van der Waals surface area contributed by atoms with Gasteiger partial charge in [0.25, 0.3) is 5.60 Å². The predicted molar refractivity (Wildman–Crippen MR) is 37.9 cm³/mol. The molecule has 1 unspecified atom stereocenters. The third-order valence-electron chi connectivity index (χ3n) is 1.92. The van der Waals surface area contributed by atoms with Gasteiger partial charge in [-0.05, 0) is 5.92 Å². The first-order chi connectivity index (χ1) is 6.35. The summed E-state index contributed by atoms with van der Waals surface area (Å²) in [5.41, 5.74) is -5.09. The van der Waals surface area contributed by atoms with E-state index >= 15 is 0 Å². The maximum absolute atomic E-state index is 12.1. The van der Waals surface area contributed by atoms with Gasteiger partial charge in [-0.15, -0.1) is 0 Å². The van der Waals surface area contributed by atoms with Gasteiger partial charge in [-0.2, -0.15) is 26.3 Å². The monoisotopic (exact) mass is 240 g/mol. The standard InChI is InChI=1S/C7H10F6O2/c1-3(2)4(14)5(15,6(8,9)10)7(11,12)13/h3-4,14-15H,1-2H3. The third kappa shape index (κ3) is 2.36. The van der Waals surface area contributed by atoms with Crippen LogP contribution in [0.5, 0.6) is 0 Å². The molecule has 0 saturated heterocycles. The Bertz CT molecular complexity index is 205. The van der Waals surface area contributed by atoms with Crippen LogP contribution in [0.2, 0.25) is 0 Å². The number of hydrogen-bond acceptors (Lipinski definition) is 2. The van der Waals surface area contributed by atoms with E-state index in [4.69, 9.17) is 10.2 Å². The zero-order chi connectivity index (χ0) is 12.7. The highest BCUT2D eigenvalue weighted by molar-refractivity contribution is 5.00. The Hall–Kier alpha value is -0.500. The lowest BCUT2D eigenvalue weighted by Crippen LogP contribution is -2.65. The highest BCUT2D eigenvalue weighted by Crippen LogP contribution is 2.46. The van der Waals surface area contributed by atoms with Crippen molar-refractivity contribution < 1.29 is 36.6 Å². The summed E-state index contributed by atoms with van der Waals surface area (Å²) in [4.78, 5) is 0. The lowest BCUT2D eigenvalue weighted by molar-refractivity contribution is -0.395. The van der Waals surface area contributed by atoms with Crippen LogP contribution >= 0.6 is 0 Å². The van der Waals surface area contributed by atoms with Crippen molar-refractivity contribution in [2.24, 2.45) is 5.92 Å². The van der Waals surface area contributed by atoms with Crippen LogP contribution in [0.25, 0.3) is 0 Å². The number of alkyl halides is 6. The van der Waals surface area contributed by atoms with Crippen molar-refractivity contribution in [3.8, 4) is 0 Å². The van der Waals surface area contributed by atoms with E-state index in [9.17, 15) is 26.3 Å². The number of aliphatic hydroxyl groups excluding tert-OH is 1. The summed E-state index contributed by atoms with van der Waals surface area (Å²) in [5, 5.41) is 17.4. The van der Waals surface area contributed by atoms with Crippen LogP contribution in [0.3, 0.4) is 0 Å². The fourth-order valence-corrected chi connectivity index (χ4v) is 0.978. The van der Waals surface area contributed by atoms with Gasteiger partial charge < -0.3 is 10.2 Å². The SMILES string of the molecule is CC(C)C(O)C(O)(C(F)(F)F)C(F)(F)F. The van der Waals surface area contributed by atoms with Crippen LogP contribution in [-0.2, 0) is 0 Å². The van der Waals surface area contributed by atoms with E-state index in [1.165, 1.54) is 0 Å². The summed E-state index contributed by atoms with van der Waals surface area (Å²) >= 11 is 0. The molecule has 0 bridgehead atoms. The fraction of sp³-hybridized carbons (Fsp3) is 1.00. The van der Waals surface area contributed by atoms with E-state index in [1.807, 2.05) is 0 Å². The molecule has 92 valence electrons. The normalized spacial score (nSPS) is 17.0. The largest absolute Gasteiger partial charge is 0.428 e. The summed E-state index contributed by atoms with van der Waals surface area (Å²) in [6, 6.07) is 0. The molecule has 0 aromatic heterocycles. The van der Waals surface area contributed by atoms with Crippen molar-refractivity contribution in [2.75, 3.05) is 0 Å². The number of rotatable bonds is 2. The Morgan fingerprint density at radius 2 is 1.13 bits per heavy atom. The molecule has 0 heterocycles. The van der Waals surface area contributed by atoms with Crippen molar-refractivity contribution in [2.45, 2.75) is 37.9 Å². The maximum Gasteiger partial charge on any atom is 0.428 e. The number of aliphatic hydroxyl groups is 2. The second-order valence-electron chi connectivity index (χ2n) is 3.45. The molecule has 1 atom stereocenters. The molecule has 8 heteroatoms. The number of hydrogen-bond donors (Lipinski definition) is 2. The molecule has 0 rings (SSSR count). The Kier molecular flexibility index (Phi) is 3.69. The average molecular weight is 240 g/mol. The van der Waals surface area contributed by atoms with Crippen LogP contribution < -0.4 is 0 Å². The maximum atomic E-state index is 12.1. The molecule has 0 fully saturated rings. The fourth-order valence-electron chi connectivity index (χ4n) is 0.978. The zero-order valence-corrected chi connectivity index (χ0v) is 7.82. The van der Waals surface area contributed by atoms with Gasteiger partial charge in [-0.3, -0.25) is 0 Å². The first-order valence-corrected chi connectivity index (χ1v) is 3.89. The quantitative estimate of drug-likeness (QED) is 0.723. The topological polar surface area (TPSA) is 40.5 Å². The number of halogens is 6. The minimum atomic E-state index is -5.98. The summed E-state index contributed by atoms with van der Waals surface area (Å²) in [6.45, 7) is 1.88. The first kappa shape index (κ1) is 14.5. The van der Waals surface area contributed by atoms with Crippen LogP contribution in [0, 0.1) is 5.92 Å². The summed E-state index contributed by atoms with van der Waals surface area (Å²) < 4.78 is 72.5. The second-order valence-corrected chi connectivity index (χ2v) is 3.45. The Labute approximate surface area is 81.5 Å². The molecule has 0 aromatic carbocycles. The van der Waals surface area contributed by atoms with Gasteiger partial charge in [-0.1, -0.05) is 13.8 Å². The van der Waals surface area contributed by atoms with E-state index in [2.05, 4.69) is 0 Å². The van der Waals surface area contributed by atoms with Crippen LogP contribution in [0.1, 0.15) is 13.8 Å². The highest BCUT2D eigenvalue weighted by Gasteiger charge is 2.74. The van der Waals surface area contributed by atoms with E-state index < -0.39 is 30.0 Å². The van der Waals surface area contributed by atoms with Crippen LogP contribution in [0.4, 0.5) is 26.3 Å². The highest BCUT2D eigenvalue weighted by atomic mass is 19.4. The van der Waals surface area contributed by atoms with E-state index in [-0.39, 0.29) is 0 Å². The van der Waals surface area contributed by atoms with Crippen molar-refractivity contribution in [1.82, 2.24) is 0 Å². The van der Waals surface area contributed by atoms with Gasteiger partial charge >= 0.3 is 12.4 Å². The van der Waals surface area contributed by atoms with Crippen molar-refractivity contribution in [3.05, 3.63) is 0 Å². The lowest BCUT2D eigenvalue weighted by Gasteiger charge is -2.37. The van der Waals surface area contributed by atoms with Gasteiger partial charge in [-0.25, -0.2) is 0 Å². The average Bonchev–Trinajstić information content (AvgIpc) is 1.96. The van der Waals surface area contributed by atoms with Gasteiger partial charge in [0.1, 0.15) is 6.10 Å². The Morgan fingerprint density at radius 1 is 0.867 bits per heavy atom. The van der Waals surface area contributed by atoms with Crippen LogP contribution in [-0.4, -0.2) is 34.3 Å². The minimum Gasteiger partial charge on any atom is -0.389 e. The molecule has 0 aromatic rings. The first-order valence-electron chi connectivity index (χ1n) is 3.89. The van der Waals surface area contributed by atoms with Gasteiger partial charge in [0.15, 0.2) is 0 Å². The minimum absolute atomic E-state index is 0.938. The second kappa shape index (κ2) is 3.82. The Balaban J connectivity index is 5.43. The summed E-state index contributed by atoms with van der Waals surface area (Å²) in [5.74, 6) is -1.39. The Morgan fingerprint density at radius 3 is 1.20 bits per heavy atom. The molecule has 0 spiro atoms. The molecular formula is C7H10F6O2. The van der Waals surface area contributed by atoms with Crippen LogP contribution in [0.15, 0.2) is 0 Å². The molecule has 0 aliphatic rings. The van der Waals surface area contributed by atoms with E-state index in [1.54, 1.807) is 0 Å². The molecule has 0 saturated carbocycles. The van der Waals surface area contributed by atoms with E-state index in [0.29, 0.717) is 0 Å². The molecule has 0 amide bonds. The van der Waals surface area contributed by atoms with Crippen molar-refractivity contribution >= 4 is 0 Å².